The van der Waals surface area contributed by atoms with Gasteiger partial charge in [0.2, 0.25) is 0 Å². The molecule has 2 N–H and O–H groups in total. The van der Waals surface area contributed by atoms with Crippen molar-refractivity contribution in [2.45, 2.75) is 6.92 Å². The van der Waals surface area contributed by atoms with Crippen molar-refractivity contribution in [3.8, 4) is 11.5 Å². The Hall–Kier alpha value is -3.95. The van der Waals surface area contributed by atoms with Gasteiger partial charge in [-0.25, -0.2) is 0 Å². The van der Waals surface area contributed by atoms with Crippen LogP contribution in [0.5, 0.6) is 11.5 Å². The van der Waals surface area contributed by atoms with Crippen molar-refractivity contribution in [2.75, 3.05) is 7.11 Å². The number of ether oxygens (including phenoxy) is 2. The number of hydrogen-bond acceptors (Lipinski definition) is 7. The molecule has 0 aliphatic rings. The van der Waals surface area contributed by atoms with Crippen LogP contribution in [0.2, 0.25) is 0 Å². The first-order valence-corrected chi connectivity index (χ1v) is 7.53. The fourth-order valence-corrected chi connectivity index (χ4v) is 2.07. The van der Waals surface area contributed by atoms with Gasteiger partial charge >= 0.3 is 5.97 Å². The fourth-order valence-electron chi connectivity index (χ4n) is 2.07. The van der Waals surface area contributed by atoms with E-state index in [-0.39, 0.29) is 28.3 Å². The van der Waals surface area contributed by atoms with Crippen molar-refractivity contribution < 1.29 is 28.8 Å². The lowest BCUT2D eigenvalue weighted by molar-refractivity contribution is -0.384. The van der Waals surface area contributed by atoms with Crippen LogP contribution in [0.25, 0.3) is 0 Å². The largest absolute Gasteiger partial charge is 0.493 e. The first-order chi connectivity index (χ1) is 12.8. The highest BCUT2D eigenvalue weighted by atomic mass is 16.6. The summed E-state index contributed by atoms with van der Waals surface area (Å²) in [5.74, 6) is -1.64. The second-order valence-corrected chi connectivity index (χ2v) is 5.17. The molecule has 0 aromatic heterocycles. The third-order valence-corrected chi connectivity index (χ3v) is 3.29. The molecule has 0 heterocycles. The SMILES string of the molecule is COc1cc(C(=O)NNC(=O)c2cccc([N+](=O)[O-])c2)ccc1OC(C)=O. The second-order valence-electron chi connectivity index (χ2n) is 5.17. The van der Waals surface area contributed by atoms with Gasteiger partial charge in [-0.3, -0.25) is 35.3 Å². The van der Waals surface area contributed by atoms with E-state index in [4.69, 9.17) is 9.47 Å². The van der Waals surface area contributed by atoms with E-state index >= 15 is 0 Å². The van der Waals surface area contributed by atoms with Gasteiger partial charge in [0.15, 0.2) is 11.5 Å². The lowest BCUT2D eigenvalue weighted by Crippen LogP contribution is -2.41. The number of non-ortho nitro benzene ring substituents is 1. The Morgan fingerprint density at radius 1 is 0.963 bits per heavy atom. The number of hydrazine groups is 1. The summed E-state index contributed by atoms with van der Waals surface area (Å²) < 4.78 is 10.00. The highest BCUT2D eigenvalue weighted by Crippen LogP contribution is 2.28. The smallest absolute Gasteiger partial charge is 0.308 e. The number of esters is 1. The van der Waals surface area contributed by atoms with Crippen LogP contribution in [-0.4, -0.2) is 29.8 Å². The highest BCUT2D eigenvalue weighted by molar-refractivity contribution is 5.99. The van der Waals surface area contributed by atoms with Gasteiger partial charge in [0.25, 0.3) is 17.5 Å². The number of amides is 2. The number of methoxy groups -OCH3 is 1. The molecule has 0 fully saturated rings. The normalized spacial score (nSPS) is 9.85. The van der Waals surface area contributed by atoms with Crippen LogP contribution in [0.3, 0.4) is 0 Å². The number of hydrogen-bond donors (Lipinski definition) is 2. The standard InChI is InChI=1S/C17H15N3O7/c1-10(21)27-14-7-6-12(9-15(14)26-2)17(23)19-18-16(22)11-4-3-5-13(8-11)20(24)25/h3-9H,1-2H3,(H,18,22)(H,19,23). The van der Waals surface area contributed by atoms with Crippen molar-refractivity contribution in [3.05, 3.63) is 63.7 Å². The topological polar surface area (TPSA) is 137 Å². The molecule has 2 rings (SSSR count). The lowest BCUT2D eigenvalue weighted by Gasteiger charge is -2.11. The molecule has 2 aromatic rings. The molecule has 27 heavy (non-hydrogen) atoms. The van der Waals surface area contributed by atoms with Gasteiger partial charge in [0.05, 0.1) is 12.0 Å². The number of nitrogens with zero attached hydrogens (tertiary/aromatic N) is 1. The third kappa shape index (κ3) is 5.01. The highest BCUT2D eigenvalue weighted by Gasteiger charge is 2.15. The molecule has 0 saturated heterocycles. The molecule has 0 saturated carbocycles. The number of benzene rings is 2. The van der Waals surface area contributed by atoms with Crippen LogP contribution in [0.4, 0.5) is 5.69 Å². The average molecular weight is 373 g/mol. The summed E-state index contributed by atoms with van der Waals surface area (Å²) in [7, 11) is 1.34. The van der Waals surface area contributed by atoms with Gasteiger partial charge in [0, 0.05) is 30.2 Å². The Bertz CT molecular complexity index is 911. The van der Waals surface area contributed by atoms with Gasteiger partial charge in [0.1, 0.15) is 0 Å². The summed E-state index contributed by atoms with van der Waals surface area (Å²) in [6.07, 6.45) is 0. The van der Waals surface area contributed by atoms with Gasteiger partial charge in [-0.05, 0) is 24.3 Å². The first-order valence-electron chi connectivity index (χ1n) is 7.53. The van der Waals surface area contributed by atoms with Crippen LogP contribution in [-0.2, 0) is 4.79 Å². The zero-order chi connectivity index (χ0) is 20.0. The molecule has 0 spiro atoms. The fraction of sp³-hybridized carbons (Fsp3) is 0.118. The Balaban J connectivity index is 2.07. The molecular weight excluding hydrogens is 358 g/mol. The number of rotatable bonds is 5. The van der Waals surface area contributed by atoms with Crippen LogP contribution >= 0.6 is 0 Å². The summed E-state index contributed by atoms with van der Waals surface area (Å²) in [6, 6.07) is 9.11. The minimum atomic E-state index is -0.726. The van der Waals surface area contributed by atoms with Crippen molar-refractivity contribution in [1.82, 2.24) is 10.9 Å². The molecule has 0 unspecified atom stereocenters. The zero-order valence-electron chi connectivity index (χ0n) is 14.3. The molecule has 0 atom stereocenters. The molecule has 0 bridgehead atoms. The molecule has 10 heteroatoms. The maximum absolute atomic E-state index is 12.2. The maximum atomic E-state index is 12.2. The number of carbonyl (C=O) groups is 3. The van der Waals surface area contributed by atoms with E-state index in [9.17, 15) is 24.5 Å². The van der Waals surface area contributed by atoms with Crippen LogP contribution in [0.15, 0.2) is 42.5 Å². The molecule has 2 amide bonds. The third-order valence-electron chi connectivity index (χ3n) is 3.29. The molecule has 140 valence electrons. The number of nitro groups is 1. The van der Waals surface area contributed by atoms with Crippen LogP contribution < -0.4 is 20.3 Å². The Labute approximate surface area is 153 Å². The van der Waals surface area contributed by atoms with Crippen molar-refractivity contribution >= 4 is 23.5 Å². The minimum absolute atomic E-state index is 0.00675. The Morgan fingerprint density at radius 3 is 2.15 bits per heavy atom. The van der Waals surface area contributed by atoms with Crippen LogP contribution in [0, 0.1) is 10.1 Å². The number of carbonyl (C=O) groups excluding carboxylic acids is 3. The number of nitrogens with one attached hydrogen (secondary N) is 2. The van der Waals surface area contributed by atoms with Crippen LogP contribution in [0.1, 0.15) is 27.6 Å². The molecule has 0 aliphatic heterocycles. The summed E-state index contributed by atoms with van der Waals surface area (Å²) >= 11 is 0. The summed E-state index contributed by atoms with van der Waals surface area (Å²) in [5.41, 5.74) is 4.23. The van der Waals surface area contributed by atoms with E-state index in [1.54, 1.807) is 0 Å². The van der Waals surface area contributed by atoms with E-state index in [0.29, 0.717) is 0 Å². The van der Waals surface area contributed by atoms with Gasteiger partial charge in [-0.1, -0.05) is 6.07 Å². The van der Waals surface area contributed by atoms with Crippen molar-refractivity contribution in [1.29, 1.82) is 0 Å². The van der Waals surface area contributed by atoms with E-state index in [1.807, 2.05) is 0 Å². The Kier molecular flexibility index (Phi) is 6.05. The van der Waals surface area contributed by atoms with E-state index in [0.717, 1.165) is 6.07 Å². The number of nitro benzene ring substituents is 1. The predicted molar refractivity (Wildman–Crippen MR) is 92.3 cm³/mol. The molecule has 0 aliphatic carbocycles. The second kappa shape index (κ2) is 8.43. The van der Waals surface area contributed by atoms with Gasteiger partial charge < -0.3 is 9.47 Å². The Morgan fingerprint density at radius 2 is 1.59 bits per heavy atom. The first kappa shape index (κ1) is 19.4. The van der Waals surface area contributed by atoms with E-state index in [2.05, 4.69) is 10.9 Å². The molecule has 0 radical (unpaired) electrons. The lowest BCUT2D eigenvalue weighted by atomic mass is 10.2. The van der Waals surface area contributed by atoms with E-state index < -0.39 is 22.7 Å². The summed E-state index contributed by atoms with van der Waals surface area (Å²) in [4.78, 5) is 45.3. The minimum Gasteiger partial charge on any atom is -0.493 e. The quantitative estimate of drug-likeness (QED) is 0.351. The van der Waals surface area contributed by atoms with Gasteiger partial charge in [-0.15, -0.1) is 0 Å². The maximum Gasteiger partial charge on any atom is 0.308 e. The summed E-state index contributed by atoms with van der Waals surface area (Å²) in [6.45, 7) is 1.23. The zero-order valence-corrected chi connectivity index (χ0v) is 14.3. The summed E-state index contributed by atoms with van der Waals surface area (Å²) in [5, 5.41) is 10.7. The molecular formula is C17H15N3O7. The molecule has 10 nitrogen and oxygen atoms in total. The predicted octanol–water partition coefficient (Wildman–Crippen LogP) is 1.60. The molecule has 2 aromatic carbocycles. The van der Waals surface area contributed by atoms with Crippen molar-refractivity contribution in [2.24, 2.45) is 0 Å². The van der Waals surface area contributed by atoms with E-state index in [1.165, 1.54) is 50.4 Å². The van der Waals surface area contributed by atoms with Crippen molar-refractivity contribution in [3.63, 3.8) is 0 Å². The van der Waals surface area contributed by atoms with Gasteiger partial charge in [-0.2, -0.15) is 0 Å². The average Bonchev–Trinajstić information content (AvgIpc) is 2.65. The monoisotopic (exact) mass is 373 g/mol.